The van der Waals surface area contributed by atoms with Crippen LogP contribution in [0.25, 0.3) is 0 Å². The molecule has 0 unspecified atom stereocenters. The second-order valence-electron chi connectivity index (χ2n) is 4.96. The lowest BCUT2D eigenvalue weighted by atomic mass is 10.1. The second kappa shape index (κ2) is 7.27. The first-order valence-corrected chi connectivity index (χ1v) is 9.01. The molecule has 126 valence electrons. The normalized spacial score (nSPS) is 11.0. The van der Waals surface area contributed by atoms with Crippen LogP contribution in [0.2, 0.25) is 5.02 Å². The highest BCUT2D eigenvalue weighted by Crippen LogP contribution is 2.17. The van der Waals surface area contributed by atoms with Crippen LogP contribution in [0.4, 0.5) is 5.69 Å². The summed E-state index contributed by atoms with van der Waals surface area (Å²) >= 11 is 11.1. The van der Waals surface area contributed by atoms with E-state index in [0.29, 0.717) is 16.3 Å². The monoisotopic (exact) mass is 383 g/mol. The number of thiocarbonyl (C=S) groups is 1. The van der Waals surface area contributed by atoms with E-state index in [4.69, 9.17) is 29.0 Å². The Morgan fingerprint density at radius 1 is 1.17 bits per heavy atom. The molecule has 6 nitrogen and oxygen atoms in total. The summed E-state index contributed by atoms with van der Waals surface area (Å²) in [6, 6.07) is 10.7. The maximum Gasteiger partial charge on any atom is 0.258 e. The van der Waals surface area contributed by atoms with Gasteiger partial charge in [0.25, 0.3) is 5.91 Å². The Balaban J connectivity index is 2.04. The van der Waals surface area contributed by atoms with Gasteiger partial charge in [0, 0.05) is 5.69 Å². The predicted octanol–water partition coefficient (Wildman–Crippen LogP) is 2.42. The van der Waals surface area contributed by atoms with Crippen molar-refractivity contribution in [3.63, 3.8) is 0 Å². The van der Waals surface area contributed by atoms with Gasteiger partial charge >= 0.3 is 0 Å². The third-order valence-electron chi connectivity index (χ3n) is 3.04. The minimum Gasteiger partial charge on any atom is -0.332 e. The highest BCUT2D eigenvalue weighted by Gasteiger charge is 2.12. The molecule has 0 aliphatic rings. The first-order valence-electron chi connectivity index (χ1n) is 6.68. The van der Waals surface area contributed by atoms with Gasteiger partial charge in [-0.1, -0.05) is 17.7 Å². The Bertz CT molecular complexity index is 897. The van der Waals surface area contributed by atoms with E-state index >= 15 is 0 Å². The number of benzene rings is 2. The van der Waals surface area contributed by atoms with E-state index in [2.05, 4.69) is 10.6 Å². The molecule has 0 fully saturated rings. The molecule has 0 aliphatic heterocycles. The van der Waals surface area contributed by atoms with Crippen molar-refractivity contribution < 1.29 is 13.2 Å². The topological polar surface area (TPSA) is 101 Å². The molecule has 2 aromatic rings. The first kappa shape index (κ1) is 18.3. The summed E-state index contributed by atoms with van der Waals surface area (Å²) in [4.78, 5) is 12.1. The molecular formula is C15H14ClN3O3S2. The summed E-state index contributed by atoms with van der Waals surface area (Å²) in [7, 11) is -3.76. The number of primary sulfonamides is 1. The summed E-state index contributed by atoms with van der Waals surface area (Å²) in [6.07, 6.45) is 0. The zero-order valence-corrected chi connectivity index (χ0v) is 14.9. The Kier molecular flexibility index (Phi) is 5.55. The molecule has 0 heterocycles. The van der Waals surface area contributed by atoms with E-state index in [1.54, 1.807) is 18.2 Å². The number of amides is 1. The van der Waals surface area contributed by atoms with E-state index < -0.39 is 15.9 Å². The van der Waals surface area contributed by atoms with Gasteiger partial charge in [0.2, 0.25) is 10.0 Å². The molecule has 0 spiro atoms. The zero-order chi connectivity index (χ0) is 17.9. The number of rotatable bonds is 3. The summed E-state index contributed by atoms with van der Waals surface area (Å²) < 4.78 is 22.4. The molecule has 4 N–H and O–H groups in total. The number of nitrogens with one attached hydrogen (secondary N) is 2. The number of nitrogens with two attached hydrogens (primary N) is 1. The van der Waals surface area contributed by atoms with Crippen LogP contribution in [0.15, 0.2) is 47.4 Å². The van der Waals surface area contributed by atoms with Gasteiger partial charge in [-0.25, -0.2) is 13.6 Å². The molecule has 2 aromatic carbocycles. The Hall–Kier alpha value is -2.00. The molecular weight excluding hydrogens is 370 g/mol. The quantitative estimate of drug-likeness (QED) is 0.706. The van der Waals surface area contributed by atoms with Crippen LogP contribution in [-0.4, -0.2) is 19.4 Å². The number of anilines is 1. The minimum absolute atomic E-state index is 0.0190. The third-order valence-corrected chi connectivity index (χ3v) is 4.48. The van der Waals surface area contributed by atoms with Crippen molar-refractivity contribution in [1.29, 1.82) is 0 Å². The van der Waals surface area contributed by atoms with E-state index in [1.165, 1.54) is 24.3 Å². The van der Waals surface area contributed by atoms with Gasteiger partial charge in [0.05, 0.1) is 15.5 Å². The molecule has 0 aliphatic carbocycles. The maximum absolute atomic E-state index is 12.1. The molecule has 9 heteroatoms. The minimum atomic E-state index is -3.76. The van der Waals surface area contributed by atoms with Gasteiger partial charge in [-0.2, -0.15) is 0 Å². The molecule has 2 rings (SSSR count). The van der Waals surface area contributed by atoms with Gasteiger partial charge < -0.3 is 5.32 Å². The number of hydrogen-bond acceptors (Lipinski definition) is 4. The largest absolute Gasteiger partial charge is 0.332 e. The number of carbonyl (C=O) groups excluding carboxylic acids is 1. The van der Waals surface area contributed by atoms with Crippen LogP contribution < -0.4 is 15.8 Å². The molecule has 0 bridgehead atoms. The number of sulfonamides is 1. The second-order valence-corrected chi connectivity index (χ2v) is 7.34. The Labute approximate surface area is 150 Å². The molecule has 0 atom stereocenters. The number of halogens is 1. The van der Waals surface area contributed by atoms with Gasteiger partial charge in [-0.15, -0.1) is 0 Å². The maximum atomic E-state index is 12.1. The number of aryl methyl sites for hydroxylation is 1. The third kappa shape index (κ3) is 4.75. The van der Waals surface area contributed by atoms with Crippen molar-refractivity contribution in [3.05, 3.63) is 58.6 Å². The van der Waals surface area contributed by atoms with E-state index in [-0.39, 0.29) is 10.0 Å². The van der Waals surface area contributed by atoms with Crippen molar-refractivity contribution in [2.24, 2.45) is 5.14 Å². The molecule has 0 saturated carbocycles. The molecule has 24 heavy (non-hydrogen) atoms. The van der Waals surface area contributed by atoms with Gasteiger partial charge in [-0.3, -0.25) is 10.1 Å². The average molecular weight is 384 g/mol. The van der Waals surface area contributed by atoms with Crippen molar-refractivity contribution in [1.82, 2.24) is 5.32 Å². The lowest BCUT2D eigenvalue weighted by Crippen LogP contribution is -2.34. The first-order chi connectivity index (χ1) is 11.2. The Morgan fingerprint density at radius 3 is 2.33 bits per heavy atom. The van der Waals surface area contributed by atoms with Crippen LogP contribution >= 0.6 is 23.8 Å². The summed E-state index contributed by atoms with van der Waals surface area (Å²) in [6.45, 7) is 1.87. The van der Waals surface area contributed by atoms with Crippen molar-refractivity contribution in [3.8, 4) is 0 Å². The van der Waals surface area contributed by atoms with Crippen LogP contribution in [0, 0.1) is 6.92 Å². The van der Waals surface area contributed by atoms with Crippen molar-refractivity contribution in [2.45, 2.75) is 11.8 Å². The van der Waals surface area contributed by atoms with Crippen LogP contribution in [0.5, 0.6) is 0 Å². The van der Waals surface area contributed by atoms with Crippen LogP contribution in [-0.2, 0) is 10.0 Å². The fourth-order valence-corrected chi connectivity index (χ4v) is 2.91. The smallest absolute Gasteiger partial charge is 0.258 e. The lowest BCUT2D eigenvalue weighted by Gasteiger charge is -2.11. The summed E-state index contributed by atoms with van der Waals surface area (Å²) in [5.74, 6) is -0.446. The summed E-state index contributed by atoms with van der Waals surface area (Å²) in [5, 5.41) is 10.7. The summed E-state index contributed by atoms with van der Waals surface area (Å²) in [5.41, 5.74) is 1.74. The lowest BCUT2D eigenvalue weighted by molar-refractivity contribution is 0.0978. The zero-order valence-electron chi connectivity index (χ0n) is 12.5. The number of carbonyl (C=O) groups is 1. The van der Waals surface area contributed by atoms with Gasteiger partial charge in [0.1, 0.15) is 0 Å². The number of hydrogen-bond donors (Lipinski definition) is 3. The Morgan fingerprint density at radius 2 is 1.79 bits per heavy atom. The van der Waals surface area contributed by atoms with Gasteiger partial charge in [0.15, 0.2) is 5.11 Å². The van der Waals surface area contributed by atoms with E-state index in [1.807, 2.05) is 6.92 Å². The highest BCUT2D eigenvalue weighted by molar-refractivity contribution is 7.89. The highest BCUT2D eigenvalue weighted by atomic mass is 35.5. The van der Waals surface area contributed by atoms with Crippen LogP contribution in [0.3, 0.4) is 0 Å². The van der Waals surface area contributed by atoms with Crippen LogP contribution in [0.1, 0.15) is 15.9 Å². The predicted molar refractivity (Wildman–Crippen MR) is 97.7 cm³/mol. The fourth-order valence-electron chi connectivity index (χ4n) is 1.87. The van der Waals surface area contributed by atoms with E-state index in [9.17, 15) is 13.2 Å². The van der Waals surface area contributed by atoms with Gasteiger partial charge in [-0.05, 0) is 61.1 Å². The fraction of sp³-hybridized carbons (Fsp3) is 0.0667. The standard InChI is InChI=1S/C15H14ClN3O3S2/c1-9-2-7-12(13(16)8-9)14(20)19-15(23)18-10-3-5-11(6-4-10)24(17,21)22/h2-8H,1H3,(H2,17,21,22)(H2,18,19,20,23). The SMILES string of the molecule is Cc1ccc(C(=O)NC(=S)Nc2ccc(S(N)(=O)=O)cc2)c(Cl)c1. The van der Waals surface area contributed by atoms with Crippen molar-refractivity contribution >= 4 is 50.5 Å². The van der Waals surface area contributed by atoms with E-state index in [0.717, 1.165) is 5.56 Å². The molecule has 1 amide bonds. The average Bonchev–Trinajstić information content (AvgIpc) is 2.46. The molecule has 0 radical (unpaired) electrons. The molecule has 0 saturated heterocycles. The molecule has 0 aromatic heterocycles. The van der Waals surface area contributed by atoms with Crippen molar-refractivity contribution in [2.75, 3.05) is 5.32 Å².